The summed E-state index contributed by atoms with van der Waals surface area (Å²) >= 11 is 0. The van der Waals surface area contributed by atoms with Crippen LogP contribution in [0.15, 0.2) is 0 Å². The number of likely N-dealkylation sites (N-methyl/N-ethyl adjacent to an activating group) is 2. The highest BCUT2D eigenvalue weighted by Gasteiger charge is 2.43. The van der Waals surface area contributed by atoms with Crippen LogP contribution in [0.4, 0.5) is 0 Å². The number of piperazine rings is 1. The number of hydrogen-bond acceptors (Lipinski definition) is 4. The smallest absolute Gasteiger partial charge is 0.323 e. The zero-order chi connectivity index (χ0) is 13.9. The van der Waals surface area contributed by atoms with Gasteiger partial charge in [-0.05, 0) is 39.3 Å². The van der Waals surface area contributed by atoms with Gasteiger partial charge in [-0.25, -0.2) is 0 Å². The Kier molecular flexibility index (Phi) is 4.81. The van der Waals surface area contributed by atoms with Crippen LogP contribution < -0.4 is 5.32 Å². The third-order valence-electron chi connectivity index (χ3n) is 4.98. The van der Waals surface area contributed by atoms with E-state index in [1.54, 1.807) is 7.05 Å². The molecule has 2 atom stereocenters. The number of hydrogen-bond donors (Lipinski definition) is 2. The van der Waals surface area contributed by atoms with Crippen molar-refractivity contribution in [2.75, 3.05) is 39.8 Å². The van der Waals surface area contributed by atoms with Crippen molar-refractivity contribution >= 4 is 5.97 Å². The van der Waals surface area contributed by atoms with Crippen molar-refractivity contribution in [1.29, 1.82) is 0 Å². The van der Waals surface area contributed by atoms with Crippen LogP contribution >= 0.6 is 0 Å². The Morgan fingerprint density at radius 3 is 2.58 bits per heavy atom. The molecule has 2 rings (SSSR count). The lowest BCUT2D eigenvalue weighted by atomic mass is 9.78. The lowest BCUT2D eigenvalue weighted by Gasteiger charge is -2.45. The van der Waals surface area contributed by atoms with Gasteiger partial charge in [-0.15, -0.1) is 0 Å². The van der Waals surface area contributed by atoms with Crippen LogP contribution in [0.5, 0.6) is 0 Å². The first-order chi connectivity index (χ1) is 9.11. The SMILES string of the molecule is CCN1CCN(C2CCCC(NC)(C(=O)O)C2)CC1. The zero-order valence-corrected chi connectivity index (χ0v) is 12.2. The van der Waals surface area contributed by atoms with Gasteiger partial charge in [0, 0.05) is 32.2 Å². The average molecular weight is 269 g/mol. The first-order valence-corrected chi connectivity index (χ1v) is 7.50. The highest BCUT2D eigenvalue weighted by Crippen LogP contribution is 2.31. The molecule has 0 aromatic carbocycles. The van der Waals surface area contributed by atoms with Crippen molar-refractivity contribution in [1.82, 2.24) is 15.1 Å². The fourth-order valence-electron chi connectivity index (χ4n) is 3.53. The second kappa shape index (κ2) is 6.20. The minimum Gasteiger partial charge on any atom is -0.480 e. The summed E-state index contributed by atoms with van der Waals surface area (Å²) in [5, 5.41) is 12.6. The minimum absolute atomic E-state index is 0.427. The van der Waals surface area contributed by atoms with Crippen molar-refractivity contribution in [3.8, 4) is 0 Å². The van der Waals surface area contributed by atoms with Gasteiger partial charge in [0.1, 0.15) is 5.54 Å². The topological polar surface area (TPSA) is 55.8 Å². The molecule has 110 valence electrons. The highest BCUT2D eigenvalue weighted by molar-refractivity contribution is 5.79. The number of rotatable bonds is 4. The summed E-state index contributed by atoms with van der Waals surface area (Å²) in [6.07, 6.45) is 3.64. The summed E-state index contributed by atoms with van der Waals surface area (Å²) in [6.45, 7) is 7.72. The largest absolute Gasteiger partial charge is 0.480 e. The monoisotopic (exact) mass is 269 g/mol. The lowest BCUT2D eigenvalue weighted by molar-refractivity contribution is -0.147. The van der Waals surface area contributed by atoms with Gasteiger partial charge < -0.3 is 15.3 Å². The first kappa shape index (κ1) is 14.8. The Morgan fingerprint density at radius 2 is 2.05 bits per heavy atom. The first-order valence-electron chi connectivity index (χ1n) is 7.50. The molecule has 2 N–H and O–H groups in total. The fraction of sp³-hybridized carbons (Fsp3) is 0.929. The molecule has 0 amide bonds. The summed E-state index contributed by atoms with van der Waals surface area (Å²) in [5.74, 6) is -0.688. The van der Waals surface area contributed by atoms with Crippen LogP contribution in [-0.4, -0.2) is 72.2 Å². The standard InChI is InChI=1S/C14H27N3O2/c1-3-16-7-9-17(10-8-16)12-5-4-6-14(11-12,15-2)13(18)19/h12,15H,3-11H2,1-2H3,(H,18,19). The van der Waals surface area contributed by atoms with Crippen LogP contribution in [-0.2, 0) is 4.79 Å². The second-order valence-electron chi connectivity index (χ2n) is 5.86. The summed E-state index contributed by atoms with van der Waals surface area (Å²) in [5.41, 5.74) is -0.704. The van der Waals surface area contributed by atoms with E-state index in [-0.39, 0.29) is 0 Å². The number of nitrogens with one attached hydrogen (secondary N) is 1. The van der Waals surface area contributed by atoms with Crippen molar-refractivity contribution in [2.45, 2.75) is 44.2 Å². The molecule has 0 aromatic heterocycles. The van der Waals surface area contributed by atoms with Gasteiger partial charge in [-0.1, -0.05) is 6.92 Å². The van der Waals surface area contributed by atoms with E-state index < -0.39 is 11.5 Å². The molecule has 2 fully saturated rings. The van der Waals surface area contributed by atoms with E-state index in [1.165, 1.54) is 0 Å². The Bertz CT molecular complexity index is 316. The Hall–Kier alpha value is -0.650. The van der Waals surface area contributed by atoms with Gasteiger partial charge in [0.05, 0.1) is 0 Å². The fourth-order valence-corrected chi connectivity index (χ4v) is 3.53. The molecule has 0 radical (unpaired) electrons. The van der Waals surface area contributed by atoms with E-state index >= 15 is 0 Å². The molecule has 19 heavy (non-hydrogen) atoms. The summed E-state index contributed by atoms with van der Waals surface area (Å²) in [4.78, 5) is 16.5. The normalized spacial score (nSPS) is 34.3. The van der Waals surface area contributed by atoms with Gasteiger partial charge in [-0.3, -0.25) is 9.69 Å². The predicted octanol–water partition coefficient (Wildman–Crippen LogP) is 0.609. The van der Waals surface area contributed by atoms with E-state index in [1.807, 2.05) is 0 Å². The Morgan fingerprint density at radius 1 is 1.37 bits per heavy atom. The van der Waals surface area contributed by atoms with Crippen LogP contribution in [0.25, 0.3) is 0 Å². The molecule has 2 aliphatic rings. The Balaban J connectivity index is 1.96. The lowest BCUT2D eigenvalue weighted by Crippen LogP contribution is -2.59. The molecule has 1 aliphatic heterocycles. The summed E-state index contributed by atoms with van der Waals surface area (Å²) in [7, 11) is 1.78. The van der Waals surface area contributed by atoms with Gasteiger partial charge in [-0.2, -0.15) is 0 Å². The quantitative estimate of drug-likeness (QED) is 0.783. The summed E-state index contributed by atoms with van der Waals surface area (Å²) < 4.78 is 0. The van der Waals surface area contributed by atoms with Gasteiger partial charge >= 0.3 is 5.97 Å². The van der Waals surface area contributed by atoms with Gasteiger partial charge in [0.25, 0.3) is 0 Å². The molecule has 5 heteroatoms. The van der Waals surface area contributed by atoms with E-state index in [0.717, 1.165) is 58.4 Å². The summed E-state index contributed by atoms with van der Waals surface area (Å²) in [6, 6.07) is 0.427. The third-order valence-corrected chi connectivity index (χ3v) is 4.98. The van der Waals surface area contributed by atoms with Crippen LogP contribution in [0.3, 0.4) is 0 Å². The molecular formula is C14H27N3O2. The van der Waals surface area contributed by atoms with Gasteiger partial charge in [0.2, 0.25) is 0 Å². The van der Waals surface area contributed by atoms with E-state index in [0.29, 0.717) is 6.04 Å². The minimum atomic E-state index is -0.704. The highest BCUT2D eigenvalue weighted by atomic mass is 16.4. The van der Waals surface area contributed by atoms with E-state index in [4.69, 9.17) is 0 Å². The van der Waals surface area contributed by atoms with Crippen LogP contribution in [0.1, 0.15) is 32.6 Å². The molecule has 2 unspecified atom stereocenters. The van der Waals surface area contributed by atoms with Crippen molar-refractivity contribution in [3.05, 3.63) is 0 Å². The maximum absolute atomic E-state index is 11.5. The number of carboxylic acid groups (broad SMARTS) is 1. The Labute approximate surface area is 115 Å². The second-order valence-corrected chi connectivity index (χ2v) is 5.86. The zero-order valence-electron chi connectivity index (χ0n) is 12.2. The average Bonchev–Trinajstić information content (AvgIpc) is 2.47. The molecule has 1 saturated carbocycles. The van der Waals surface area contributed by atoms with E-state index in [2.05, 4.69) is 22.0 Å². The van der Waals surface area contributed by atoms with Crippen molar-refractivity contribution < 1.29 is 9.90 Å². The predicted molar refractivity (Wildman–Crippen MR) is 75.4 cm³/mol. The molecule has 0 bridgehead atoms. The number of carboxylic acids is 1. The van der Waals surface area contributed by atoms with Crippen LogP contribution in [0, 0.1) is 0 Å². The molecule has 0 aromatic rings. The maximum atomic E-state index is 11.5. The van der Waals surface area contributed by atoms with Crippen LogP contribution in [0.2, 0.25) is 0 Å². The maximum Gasteiger partial charge on any atom is 0.323 e. The van der Waals surface area contributed by atoms with Crippen molar-refractivity contribution in [3.63, 3.8) is 0 Å². The number of nitrogens with zero attached hydrogens (tertiary/aromatic N) is 2. The van der Waals surface area contributed by atoms with E-state index in [9.17, 15) is 9.90 Å². The molecule has 1 heterocycles. The number of aliphatic carboxylic acids is 1. The molecule has 1 aliphatic carbocycles. The molecule has 1 saturated heterocycles. The molecular weight excluding hydrogens is 242 g/mol. The molecule has 5 nitrogen and oxygen atoms in total. The van der Waals surface area contributed by atoms with Gasteiger partial charge in [0.15, 0.2) is 0 Å². The number of carbonyl (C=O) groups is 1. The van der Waals surface area contributed by atoms with Crippen molar-refractivity contribution in [2.24, 2.45) is 0 Å². The molecule has 0 spiro atoms. The third kappa shape index (κ3) is 3.09.